The van der Waals surface area contributed by atoms with Gasteiger partial charge >= 0.3 is 5.63 Å². The zero-order valence-electron chi connectivity index (χ0n) is 17.5. The molecule has 1 N–H and O–H groups in total. The molecular weight excluding hydrogens is 442 g/mol. The van der Waals surface area contributed by atoms with Crippen molar-refractivity contribution in [3.63, 3.8) is 0 Å². The van der Waals surface area contributed by atoms with Crippen molar-refractivity contribution < 1.29 is 17.9 Å². The lowest BCUT2D eigenvalue weighted by Crippen LogP contribution is -2.31. The summed E-state index contributed by atoms with van der Waals surface area (Å²) in [5.41, 5.74) is 0.865. The Morgan fingerprint density at radius 2 is 1.85 bits per heavy atom. The van der Waals surface area contributed by atoms with Gasteiger partial charge in [0.1, 0.15) is 0 Å². The number of hydrogen-bond donors (Lipinski definition) is 1. The number of hydrogen-bond acceptors (Lipinski definition) is 7. The van der Waals surface area contributed by atoms with Crippen LogP contribution < -0.4 is 5.63 Å². The van der Waals surface area contributed by atoms with E-state index in [1.807, 2.05) is 12.1 Å². The molecule has 1 aromatic heterocycles. The highest BCUT2D eigenvalue weighted by Gasteiger charge is 2.24. The molecule has 0 saturated heterocycles. The molecule has 0 aliphatic carbocycles. The summed E-state index contributed by atoms with van der Waals surface area (Å²) in [7, 11) is -2.56. The molecular formula is C24H19N3O5S. The van der Waals surface area contributed by atoms with Crippen LogP contribution in [0.4, 0.5) is 0 Å². The minimum Gasteiger partial charge on any atom is -0.403 e. The van der Waals surface area contributed by atoms with Crippen molar-refractivity contribution in [1.82, 2.24) is 9.29 Å². The van der Waals surface area contributed by atoms with Crippen LogP contribution in [0.3, 0.4) is 0 Å². The first-order chi connectivity index (χ1) is 15.8. The Labute approximate surface area is 190 Å². The molecule has 0 aliphatic rings. The van der Waals surface area contributed by atoms with E-state index in [9.17, 15) is 18.3 Å². The van der Waals surface area contributed by atoms with Gasteiger partial charge in [0.2, 0.25) is 15.9 Å². The molecule has 0 saturated carbocycles. The van der Waals surface area contributed by atoms with Crippen molar-refractivity contribution in [2.75, 3.05) is 13.6 Å². The van der Waals surface area contributed by atoms with Gasteiger partial charge in [0.05, 0.1) is 33.5 Å². The van der Waals surface area contributed by atoms with E-state index in [2.05, 4.69) is 4.98 Å². The van der Waals surface area contributed by atoms with E-state index in [0.29, 0.717) is 22.2 Å². The van der Waals surface area contributed by atoms with E-state index in [-0.39, 0.29) is 22.7 Å². The number of sulfonamides is 1. The third-order valence-corrected chi connectivity index (χ3v) is 6.98. The maximum Gasteiger partial charge on any atom is 0.347 e. The highest BCUT2D eigenvalue weighted by molar-refractivity contribution is 7.89. The molecule has 1 atom stereocenters. The predicted molar refractivity (Wildman–Crippen MR) is 122 cm³/mol. The monoisotopic (exact) mass is 461 g/mol. The lowest BCUT2D eigenvalue weighted by atomic mass is 10.1. The SMILES string of the molecule is CN(CC(O)c1ccccc1)S(=O)(=O)c1cccc(-c2nc3ccc(C#N)cc3c(=O)o2)c1. The third kappa shape index (κ3) is 4.54. The van der Waals surface area contributed by atoms with Crippen molar-refractivity contribution >= 4 is 20.9 Å². The van der Waals surface area contributed by atoms with Gasteiger partial charge in [-0.15, -0.1) is 0 Å². The summed E-state index contributed by atoms with van der Waals surface area (Å²) in [6.07, 6.45) is -0.993. The van der Waals surface area contributed by atoms with E-state index in [1.54, 1.807) is 30.3 Å². The first-order valence-corrected chi connectivity index (χ1v) is 11.4. The fourth-order valence-electron chi connectivity index (χ4n) is 3.36. The molecule has 4 aromatic rings. The lowest BCUT2D eigenvalue weighted by molar-refractivity contribution is 0.155. The van der Waals surface area contributed by atoms with Gasteiger partial charge in [-0.1, -0.05) is 36.4 Å². The highest BCUT2D eigenvalue weighted by Crippen LogP contribution is 2.25. The Bertz CT molecular complexity index is 1530. The van der Waals surface area contributed by atoms with Crippen molar-refractivity contribution in [2.45, 2.75) is 11.0 Å². The molecule has 0 amide bonds. The van der Waals surface area contributed by atoms with Gasteiger partial charge in [-0.05, 0) is 42.0 Å². The zero-order valence-corrected chi connectivity index (χ0v) is 18.4. The maximum absolute atomic E-state index is 13.1. The standard InChI is InChI=1S/C24H19N3O5S/c1-27(15-22(28)17-6-3-2-4-7-17)33(30,31)19-9-5-8-18(13-19)23-26-21-11-10-16(14-25)12-20(21)24(29)32-23/h2-13,22,28H,15H2,1H3. The molecule has 4 rings (SSSR count). The quantitative estimate of drug-likeness (QED) is 0.468. The van der Waals surface area contributed by atoms with E-state index < -0.39 is 21.8 Å². The first-order valence-electron chi connectivity index (χ1n) is 9.94. The van der Waals surface area contributed by atoms with E-state index in [4.69, 9.17) is 9.68 Å². The minimum absolute atomic E-state index is 0.0351. The molecule has 1 heterocycles. The predicted octanol–water partition coefficient (Wildman–Crippen LogP) is 3.08. The van der Waals surface area contributed by atoms with Crippen LogP contribution in [0.2, 0.25) is 0 Å². The topological polar surface area (TPSA) is 124 Å². The van der Waals surface area contributed by atoms with Gasteiger partial charge in [0.15, 0.2) is 0 Å². The smallest absolute Gasteiger partial charge is 0.347 e. The van der Waals surface area contributed by atoms with Crippen molar-refractivity contribution in [3.8, 4) is 17.5 Å². The van der Waals surface area contributed by atoms with E-state index >= 15 is 0 Å². The van der Waals surface area contributed by atoms with Gasteiger partial charge in [-0.25, -0.2) is 18.2 Å². The Hall–Kier alpha value is -3.84. The van der Waals surface area contributed by atoms with Crippen LogP contribution in [0.1, 0.15) is 17.2 Å². The van der Waals surface area contributed by atoms with Crippen LogP contribution in [0.25, 0.3) is 22.4 Å². The average molecular weight is 461 g/mol. The summed E-state index contributed by atoms with van der Waals surface area (Å²) in [5, 5.41) is 19.6. The molecule has 0 aliphatic heterocycles. The maximum atomic E-state index is 13.1. The summed E-state index contributed by atoms with van der Waals surface area (Å²) in [4.78, 5) is 16.7. The molecule has 0 radical (unpaired) electrons. The molecule has 0 fully saturated rings. The summed E-state index contributed by atoms with van der Waals surface area (Å²) in [6.45, 7) is -0.138. The summed E-state index contributed by atoms with van der Waals surface area (Å²) < 4.78 is 32.6. The first kappa shape index (κ1) is 22.4. The second-order valence-electron chi connectivity index (χ2n) is 7.39. The van der Waals surface area contributed by atoms with Crippen LogP contribution >= 0.6 is 0 Å². The number of nitrogens with zero attached hydrogens (tertiary/aromatic N) is 3. The number of fused-ring (bicyclic) bond motifs is 1. The Kier molecular flexibility index (Phi) is 6.07. The van der Waals surface area contributed by atoms with Crippen molar-refractivity contribution in [3.05, 3.63) is 94.3 Å². The number of benzene rings is 3. The average Bonchev–Trinajstić information content (AvgIpc) is 2.84. The van der Waals surface area contributed by atoms with Gasteiger partial charge in [-0.2, -0.15) is 9.57 Å². The number of aromatic nitrogens is 1. The Morgan fingerprint density at radius 1 is 1.09 bits per heavy atom. The van der Waals surface area contributed by atoms with Crippen molar-refractivity contribution in [2.24, 2.45) is 0 Å². The van der Waals surface area contributed by atoms with Crippen molar-refractivity contribution in [1.29, 1.82) is 5.26 Å². The van der Waals surface area contributed by atoms with Gasteiger partial charge in [0.25, 0.3) is 0 Å². The molecule has 166 valence electrons. The van der Waals surface area contributed by atoms with Crippen LogP contribution in [0.5, 0.6) is 0 Å². The molecule has 0 bridgehead atoms. The number of likely N-dealkylation sites (N-methyl/N-ethyl adjacent to an activating group) is 1. The fourth-order valence-corrected chi connectivity index (χ4v) is 4.58. The second kappa shape index (κ2) is 8.96. The van der Waals surface area contributed by atoms with Crippen LogP contribution in [0.15, 0.2) is 86.9 Å². The van der Waals surface area contributed by atoms with Gasteiger partial charge in [-0.3, -0.25) is 0 Å². The summed E-state index contributed by atoms with van der Waals surface area (Å²) in [6, 6.07) is 21.1. The fraction of sp³-hybridized carbons (Fsp3) is 0.125. The lowest BCUT2D eigenvalue weighted by Gasteiger charge is -2.21. The number of rotatable bonds is 6. The zero-order chi connectivity index (χ0) is 23.6. The normalized spacial score (nSPS) is 12.5. The van der Waals surface area contributed by atoms with Gasteiger partial charge < -0.3 is 9.52 Å². The minimum atomic E-state index is -3.94. The third-order valence-electron chi connectivity index (χ3n) is 5.16. The molecule has 3 aromatic carbocycles. The molecule has 8 nitrogen and oxygen atoms in total. The summed E-state index contributed by atoms with van der Waals surface area (Å²) >= 11 is 0. The number of aliphatic hydroxyl groups is 1. The van der Waals surface area contributed by atoms with Crippen LogP contribution in [0, 0.1) is 11.3 Å². The number of nitriles is 1. The largest absolute Gasteiger partial charge is 0.403 e. The van der Waals surface area contributed by atoms with Gasteiger partial charge in [0, 0.05) is 19.2 Å². The summed E-state index contributed by atoms with van der Waals surface area (Å²) in [5.74, 6) is -0.0405. The van der Waals surface area contributed by atoms with E-state index in [1.165, 1.54) is 43.4 Å². The Morgan fingerprint density at radius 3 is 2.58 bits per heavy atom. The molecule has 1 unspecified atom stereocenters. The van der Waals surface area contributed by atoms with E-state index in [0.717, 1.165) is 4.31 Å². The molecule has 33 heavy (non-hydrogen) atoms. The molecule has 9 heteroatoms. The van der Waals surface area contributed by atoms with Crippen LogP contribution in [-0.4, -0.2) is 36.4 Å². The second-order valence-corrected chi connectivity index (χ2v) is 9.43. The Balaban J connectivity index is 1.66. The molecule has 0 spiro atoms. The van der Waals surface area contributed by atoms with Crippen LogP contribution in [-0.2, 0) is 10.0 Å². The highest BCUT2D eigenvalue weighted by atomic mass is 32.2. The number of aliphatic hydroxyl groups excluding tert-OH is 1.